The van der Waals surface area contributed by atoms with E-state index >= 15 is 0 Å². The Labute approximate surface area is 144 Å². The molecule has 5 nitrogen and oxygen atoms in total. The summed E-state index contributed by atoms with van der Waals surface area (Å²) in [5.74, 6) is 0.0703. The minimum atomic E-state index is -4.06. The van der Waals surface area contributed by atoms with Gasteiger partial charge in [0.1, 0.15) is 5.75 Å². The molecule has 1 atom stereocenters. The van der Waals surface area contributed by atoms with Crippen molar-refractivity contribution in [3.63, 3.8) is 0 Å². The average molecular weight is 362 g/mol. The van der Waals surface area contributed by atoms with Gasteiger partial charge in [0.2, 0.25) is 0 Å². The summed E-state index contributed by atoms with van der Waals surface area (Å²) in [6, 6.07) is 13.0. The average Bonchev–Trinajstić information content (AvgIpc) is 2.55. The summed E-state index contributed by atoms with van der Waals surface area (Å²) in [5.41, 5.74) is 1.53. The van der Waals surface area contributed by atoms with Gasteiger partial charge >= 0.3 is 10.3 Å². The molecule has 122 valence electrons. The molecular weight excluding hydrogens is 350 g/mol. The van der Waals surface area contributed by atoms with Crippen LogP contribution in [0.3, 0.4) is 0 Å². The maximum atomic E-state index is 12.7. The van der Waals surface area contributed by atoms with Crippen LogP contribution in [-0.4, -0.2) is 18.5 Å². The number of carbonyl (C=O) groups excluding carboxylic acids is 1. The fourth-order valence-electron chi connectivity index (χ4n) is 3.06. The second kappa shape index (κ2) is 5.36. The molecule has 0 fully saturated rings. The molecule has 2 aromatic rings. The van der Waals surface area contributed by atoms with Crippen LogP contribution in [0.15, 0.2) is 54.6 Å². The number of rotatable bonds is 1. The predicted molar refractivity (Wildman–Crippen MR) is 89.6 cm³/mol. The number of carbonyl (C=O) groups is 1. The molecule has 0 aromatic heterocycles. The SMILES string of the molecule is O=C1C=C(c2ccccc2)N2[C@H](C1)c1cc(Cl)ccc1OS2(=O)=O. The summed E-state index contributed by atoms with van der Waals surface area (Å²) in [5, 5.41) is 0.458. The second-order valence-corrected chi connectivity index (χ2v) is 7.45. The first kappa shape index (κ1) is 15.2. The van der Waals surface area contributed by atoms with E-state index in [4.69, 9.17) is 15.8 Å². The van der Waals surface area contributed by atoms with Crippen molar-refractivity contribution in [2.24, 2.45) is 0 Å². The predicted octanol–water partition coefficient (Wildman–Crippen LogP) is 3.33. The summed E-state index contributed by atoms with van der Waals surface area (Å²) in [7, 11) is -4.06. The summed E-state index contributed by atoms with van der Waals surface area (Å²) in [6.45, 7) is 0. The van der Waals surface area contributed by atoms with Gasteiger partial charge < -0.3 is 4.18 Å². The van der Waals surface area contributed by atoms with Crippen molar-refractivity contribution < 1.29 is 17.4 Å². The van der Waals surface area contributed by atoms with Gasteiger partial charge in [-0.3, -0.25) is 4.79 Å². The van der Waals surface area contributed by atoms with Crippen LogP contribution in [0.2, 0.25) is 5.02 Å². The van der Waals surface area contributed by atoms with E-state index in [1.54, 1.807) is 36.4 Å². The number of hydrogen-bond acceptors (Lipinski definition) is 4. The molecule has 2 aliphatic rings. The lowest BCUT2D eigenvalue weighted by Gasteiger charge is -2.40. The molecule has 0 unspecified atom stereocenters. The van der Waals surface area contributed by atoms with Gasteiger partial charge in [0, 0.05) is 23.1 Å². The van der Waals surface area contributed by atoms with Crippen molar-refractivity contribution in [3.8, 4) is 5.75 Å². The number of ketones is 1. The third-order valence-corrected chi connectivity index (χ3v) is 5.61. The molecule has 0 radical (unpaired) electrons. The molecule has 0 spiro atoms. The number of benzene rings is 2. The van der Waals surface area contributed by atoms with Crippen molar-refractivity contribution in [3.05, 3.63) is 70.8 Å². The molecule has 2 aromatic carbocycles. The summed E-state index contributed by atoms with van der Waals surface area (Å²) in [6.07, 6.45) is 1.40. The molecule has 0 saturated heterocycles. The highest BCUT2D eigenvalue weighted by Crippen LogP contribution is 2.46. The first-order valence-electron chi connectivity index (χ1n) is 7.29. The third kappa shape index (κ3) is 2.39. The quantitative estimate of drug-likeness (QED) is 0.781. The van der Waals surface area contributed by atoms with Gasteiger partial charge in [0.15, 0.2) is 5.78 Å². The van der Waals surface area contributed by atoms with Crippen LogP contribution >= 0.6 is 11.6 Å². The largest absolute Gasteiger partial charge is 0.410 e. The van der Waals surface area contributed by atoms with Gasteiger partial charge in [-0.15, -0.1) is 0 Å². The Morgan fingerprint density at radius 1 is 1.12 bits per heavy atom. The molecule has 0 saturated carbocycles. The van der Waals surface area contributed by atoms with E-state index in [1.165, 1.54) is 16.4 Å². The smallest absolute Gasteiger partial charge is 0.366 e. The van der Waals surface area contributed by atoms with E-state index in [9.17, 15) is 13.2 Å². The zero-order valence-electron chi connectivity index (χ0n) is 12.3. The van der Waals surface area contributed by atoms with Crippen molar-refractivity contribution in [2.45, 2.75) is 12.5 Å². The Hall–Kier alpha value is -2.31. The van der Waals surface area contributed by atoms with Gasteiger partial charge in [0.05, 0.1) is 11.7 Å². The highest BCUT2D eigenvalue weighted by atomic mass is 35.5. The topological polar surface area (TPSA) is 63.7 Å². The van der Waals surface area contributed by atoms with E-state index < -0.39 is 16.3 Å². The number of allylic oxidation sites excluding steroid dienone is 1. The number of hydrogen-bond donors (Lipinski definition) is 0. The van der Waals surface area contributed by atoms with Crippen LogP contribution in [0.5, 0.6) is 5.75 Å². The normalized spacial score (nSPS) is 21.4. The Bertz CT molecular complexity index is 969. The molecule has 0 N–H and O–H groups in total. The van der Waals surface area contributed by atoms with Crippen molar-refractivity contribution in [2.75, 3.05) is 0 Å². The molecule has 2 heterocycles. The Morgan fingerprint density at radius 2 is 1.88 bits per heavy atom. The van der Waals surface area contributed by atoms with E-state index in [0.29, 0.717) is 21.8 Å². The first-order valence-corrected chi connectivity index (χ1v) is 9.03. The summed E-state index contributed by atoms with van der Waals surface area (Å²) >= 11 is 6.05. The monoisotopic (exact) mass is 361 g/mol. The van der Waals surface area contributed by atoms with E-state index in [2.05, 4.69) is 0 Å². The van der Waals surface area contributed by atoms with Crippen LogP contribution in [0.1, 0.15) is 23.6 Å². The Balaban J connectivity index is 1.94. The first-order chi connectivity index (χ1) is 11.5. The van der Waals surface area contributed by atoms with Crippen molar-refractivity contribution >= 4 is 33.4 Å². The van der Waals surface area contributed by atoms with E-state index in [1.807, 2.05) is 6.07 Å². The summed E-state index contributed by atoms with van der Waals surface area (Å²) < 4.78 is 31.7. The minimum Gasteiger partial charge on any atom is -0.366 e. The molecule has 4 rings (SSSR count). The van der Waals surface area contributed by atoms with Crippen LogP contribution in [0, 0.1) is 0 Å². The Kier molecular flexibility index (Phi) is 3.40. The van der Waals surface area contributed by atoms with Gasteiger partial charge in [0.25, 0.3) is 0 Å². The fraction of sp³-hybridized carbons (Fsp3) is 0.118. The molecule has 0 amide bonds. The zero-order valence-corrected chi connectivity index (χ0v) is 13.9. The summed E-state index contributed by atoms with van der Waals surface area (Å²) in [4.78, 5) is 12.2. The number of halogens is 1. The van der Waals surface area contributed by atoms with Gasteiger partial charge in [-0.05, 0) is 23.8 Å². The van der Waals surface area contributed by atoms with Gasteiger partial charge in [-0.25, -0.2) is 4.31 Å². The fourth-order valence-corrected chi connectivity index (χ4v) is 4.60. The van der Waals surface area contributed by atoms with E-state index in [0.717, 1.165) is 0 Å². The van der Waals surface area contributed by atoms with Crippen LogP contribution in [-0.2, 0) is 15.1 Å². The van der Waals surface area contributed by atoms with Crippen LogP contribution in [0.25, 0.3) is 5.70 Å². The Morgan fingerprint density at radius 3 is 2.62 bits per heavy atom. The molecular formula is C17H12ClNO4S. The van der Waals surface area contributed by atoms with E-state index in [-0.39, 0.29) is 18.0 Å². The highest BCUT2D eigenvalue weighted by molar-refractivity contribution is 7.85. The maximum Gasteiger partial charge on any atom is 0.410 e. The number of nitrogens with zero attached hydrogens (tertiary/aromatic N) is 1. The molecule has 24 heavy (non-hydrogen) atoms. The molecule has 2 aliphatic heterocycles. The lowest BCUT2D eigenvalue weighted by atomic mass is 9.94. The van der Waals surface area contributed by atoms with Crippen LogP contribution in [0.4, 0.5) is 0 Å². The van der Waals surface area contributed by atoms with Crippen LogP contribution < -0.4 is 4.18 Å². The third-order valence-electron chi connectivity index (χ3n) is 4.05. The molecule has 7 heteroatoms. The lowest BCUT2D eigenvalue weighted by Crippen LogP contribution is -2.43. The zero-order chi connectivity index (χ0) is 16.9. The van der Waals surface area contributed by atoms with Crippen molar-refractivity contribution in [1.29, 1.82) is 0 Å². The van der Waals surface area contributed by atoms with Gasteiger partial charge in [-0.1, -0.05) is 41.9 Å². The maximum absolute atomic E-state index is 12.7. The second-order valence-electron chi connectivity index (χ2n) is 5.60. The standard InChI is InChI=1S/C17H12ClNO4S/c18-12-6-7-17-14(8-12)16-10-13(20)9-15(11-4-2-1-3-5-11)19(16)24(21,22)23-17/h1-9,16H,10H2/t16-/m1/s1. The molecule has 0 aliphatic carbocycles. The van der Waals surface area contributed by atoms with Gasteiger partial charge in [-0.2, -0.15) is 8.42 Å². The van der Waals surface area contributed by atoms with Crippen molar-refractivity contribution in [1.82, 2.24) is 4.31 Å². The number of fused-ring (bicyclic) bond motifs is 3. The minimum absolute atomic E-state index is 0.0479. The lowest BCUT2D eigenvalue weighted by molar-refractivity contribution is -0.115. The molecule has 0 bridgehead atoms. The highest BCUT2D eigenvalue weighted by Gasteiger charge is 2.44.